The fourth-order valence-corrected chi connectivity index (χ4v) is 1.07. The molecule has 10 heavy (non-hydrogen) atoms. The lowest BCUT2D eigenvalue weighted by Gasteiger charge is -1.87. The Balaban J connectivity index is 2.67. The predicted molar refractivity (Wildman–Crippen MR) is 52.1 cm³/mol. The lowest BCUT2D eigenvalue weighted by molar-refractivity contribution is 1.67. The van der Waals surface area contributed by atoms with E-state index < -0.39 is 0 Å². The van der Waals surface area contributed by atoms with Crippen LogP contribution in [-0.2, 0) is 0 Å². The second kappa shape index (κ2) is 4.47. The number of rotatable bonds is 2. The zero-order valence-corrected chi connectivity index (χ0v) is 7.11. The first-order chi connectivity index (χ1) is 4.93. The summed E-state index contributed by atoms with van der Waals surface area (Å²) in [5.74, 6) is 0. The van der Waals surface area contributed by atoms with Crippen molar-refractivity contribution in [3.63, 3.8) is 0 Å². The summed E-state index contributed by atoms with van der Waals surface area (Å²) < 4.78 is 0. The third kappa shape index (κ3) is 2.50. The van der Waals surface area contributed by atoms with Gasteiger partial charge in [-0.25, -0.2) is 0 Å². The van der Waals surface area contributed by atoms with Crippen molar-refractivity contribution in [1.82, 2.24) is 0 Å². The summed E-state index contributed by atoms with van der Waals surface area (Å²) in [5, 5.41) is 1.94. The normalized spacial score (nSPS) is 10.5. The molecule has 0 saturated heterocycles. The molecule has 0 saturated carbocycles. The molecule has 0 N–H and O–H groups in total. The Labute approximate surface area is 70.1 Å². The topological polar surface area (TPSA) is 0 Å². The van der Waals surface area contributed by atoms with Gasteiger partial charge in [-0.1, -0.05) is 41.1 Å². The van der Waals surface area contributed by atoms with E-state index in [1.165, 1.54) is 16.4 Å². The Morgan fingerprint density at radius 1 is 1.20 bits per heavy atom. The predicted octanol–water partition coefficient (Wildman–Crippen LogP) is 3.24. The van der Waals surface area contributed by atoms with Crippen molar-refractivity contribution in [3.8, 4) is 0 Å². The minimum Gasteiger partial charge on any atom is -0.107 e. The molecule has 2 heteroatoms. The minimum atomic E-state index is 1.21. The summed E-state index contributed by atoms with van der Waals surface area (Å²) in [6.45, 7) is 0. The Morgan fingerprint density at radius 2 is 1.90 bits per heavy atom. The molecule has 0 spiro atoms. The third-order valence-corrected chi connectivity index (χ3v) is 1.74. The molecule has 1 aromatic carbocycles. The van der Waals surface area contributed by atoms with Crippen LogP contribution in [0.4, 0.5) is 0 Å². The number of benzene rings is 1. The first kappa shape index (κ1) is 7.76. The van der Waals surface area contributed by atoms with E-state index in [1.54, 1.807) is 0 Å². The van der Waals surface area contributed by atoms with Crippen LogP contribution in [0.15, 0.2) is 35.7 Å². The van der Waals surface area contributed by atoms with E-state index in [1.807, 2.05) is 29.7 Å². The number of hydrogen-bond donors (Lipinski definition) is 1. The summed E-state index contributed by atoms with van der Waals surface area (Å²) in [6.07, 6.45) is 2.03. The van der Waals surface area contributed by atoms with Crippen molar-refractivity contribution in [2.24, 2.45) is 0 Å². The van der Waals surface area contributed by atoms with E-state index in [-0.39, 0.29) is 0 Å². The van der Waals surface area contributed by atoms with Gasteiger partial charge in [0.1, 0.15) is 0 Å². The second-order valence-electron chi connectivity index (χ2n) is 1.82. The maximum atomic E-state index is 3.98. The van der Waals surface area contributed by atoms with Crippen molar-refractivity contribution in [3.05, 3.63) is 41.3 Å². The van der Waals surface area contributed by atoms with Crippen molar-refractivity contribution in [1.29, 1.82) is 0 Å². The lowest BCUT2D eigenvalue weighted by atomic mass is 10.2. The molecule has 0 radical (unpaired) electrons. The van der Waals surface area contributed by atoms with Crippen LogP contribution in [0, 0.1) is 0 Å². The highest BCUT2D eigenvalue weighted by Crippen LogP contribution is 2.10. The molecular weight excluding hydrogens is 160 g/mol. The molecule has 0 nitrogen and oxygen atoms in total. The quantitative estimate of drug-likeness (QED) is 0.522. The van der Waals surface area contributed by atoms with Crippen molar-refractivity contribution in [2.45, 2.75) is 0 Å². The van der Waals surface area contributed by atoms with Gasteiger partial charge in [-0.15, -0.1) is 11.7 Å². The maximum absolute atomic E-state index is 3.98. The van der Waals surface area contributed by atoms with Gasteiger partial charge >= 0.3 is 0 Å². The van der Waals surface area contributed by atoms with Gasteiger partial charge < -0.3 is 0 Å². The van der Waals surface area contributed by atoms with Crippen LogP contribution >= 0.6 is 22.5 Å². The number of thiol groups is 1. The average Bonchev–Trinajstić information content (AvgIpc) is 2.03. The van der Waals surface area contributed by atoms with Crippen LogP contribution in [-0.4, -0.2) is 0 Å². The van der Waals surface area contributed by atoms with Gasteiger partial charge in [0.2, 0.25) is 0 Å². The summed E-state index contributed by atoms with van der Waals surface area (Å²) >= 11 is 3.98. The molecule has 0 bridgehead atoms. The summed E-state index contributed by atoms with van der Waals surface area (Å²) in [4.78, 5) is 0. The van der Waals surface area contributed by atoms with Gasteiger partial charge in [0.25, 0.3) is 0 Å². The van der Waals surface area contributed by atoms with E-state index in [9.17, 15) is 0 Å². The molecule has 0 heterocycles. The largest absolute Gasteiger partial charge is 0.107 e. The van der Waals surface area contributed by atoms with E-state index in [4.69, 9.17) is 0 Å². The second-order valence-corrected chi connectivity index (χ2v) is 2.93. The monoisotopic (exact) mass is 168 g/mol. The van der Waals surface area contributed by atoms with Gasteiger partial charge in [0.15, 0.2) is 0 Å². The zero-order valence-electron chi connectivity index (χ0n) is 5.40. The molecule has 0 atom stereocenters. The Hall–Kier alpha value is -0.340. The summed E-state index contributed by atoms with van der Waals surface area (Å²) in [5.41, 5.74) is 1.21. The molecule has 0 aliphatic carbocycles. The third-order valence-electron chi connectivity index (χ3n) is 1.12. The molecule has 0 aliphatic heterocycles. The standard InChI is InChI=1S/C8H8S2/c9-10-7-6-8-4-2-1-3-5-8/h1-7,9H. The Bertz CT molecular complexity index is 204. The molecule has 0 fully saturated rings. The minimum absolute atomic E-state index is 1.21. The highest BCUT2D eigenvalue weighted by Gasteiger charge is 1.79. The maximum Gasteiger partial charge on any atom is -0.0178 e. The van der Waals surface area contributed by atoms with Gasteiger partial charge in [-0.2, -0.15) is 0 Å². The lowest BCUT2D eigenvalue weighted by Crippen LogP contribution is -1.65. The van der Waals surface area contributed by atoms with Crippen LogP contribution in [0.3, 0.4) is 0 Å². The van der Waals surface area contributed by atoms with Gasteiger partial charge in [-0.05, 0) is 17.0 Å². The van der Waals surface area contributed by atoms with Crippen molar-refractivity contribution < 1.29 is 0 Å². The van der Waals surface area contributed by atoms with E-state index in [0.29, 0.717) is 0 Å². The van der Waals surface area contributed by atoms with E-state index in [2.05, 4.69) is 23.8 Å². The van der Waals surface area contributed by atoms with Gasteiger partial charge in [0.05, 0.1) is 0 Å². The van der Waals surface area contributed by atoms with Crippen LogP contribution < -0.4 is 0 Å². The zero-order chi connectivity index (χ0) is 7.23. The first-order valence-corrected chi connectivity index (χ1v) is 4.88. The van der Waals surface area contributed by atoms with Crippen molar-refractivity contribution >= 4 is 28.5 Å². The van der Waals surface area contributed by atoms with Crippen molar-refractivity contribution in [2.75, 3.05) is 0 Å². The molecule has 0 aromatic heterocycles. The van der Waals surface area contributed by atoms with Crippen LogP contribution in [0.2, 0.25) is 0 Å². The molecular formula is C8H8S2. The Morgan fingerprint density at radius 3 is 2.50 bits per heavy atom. The van der Waals surface area contributed by atoms with E-state index >= 15 is 0 Å². The Kier molecular flexibility index (Phi) is 3.47. The molecule has 1 aromatic rings. The SMILES string of the molecule is SSC=Cc1ccccc1. The smallest absolute Gasteiger partial charge is 0.0178 e. The number of hydrogen-bond acceptors (Lipinski definition) is 2. The van der Waals surface area contributed by atoms with E-state index in [0.717, 1.165) is 0 Å². The highest BCUT2D eigenvalue weighted by atomic mass is 33.1. The van der Waals surface area contributed by atoms with Gasteiger partial charge in [-0.3, -0.25) is 0 Å². The fraction of sp³-hybridized carbons (Fsp3) is 0. The molecule has 0 aliphatic rings. The first-order valence-electron chi connectivity index (χ1n) is 2.95. The van der Waals surface area contributed by atoms with Crippen LogP contribution in [0.25, 0.3) is 6.08 Å². The van der Waals surface area contributed by atoms with Gasteiger partial charge in [0, 0.05) is 0 Å². The van der Waals surface area contributed by atoms with Crippen LogP contribution in [0.1, 0.15) is 5.56 Å². The molecule has 0 unspecified atom stereocenters. The summed E-state index contributed by atoms with van der Waals surface area (Å²) in [6, 6.07) is 10.2. The van der Waals surface area contributed by atoms with Crippen LogP contribution in [0.5, 0.6) is 0 Å². The average molecular weight is 168 g/mol. The molecule has 1 rings (SSSR count). The summed E-state index contributed by atoms with van der Waals surface area (Å²) in [7, 11) is 1.41. The fourth-order valence-electron chi connectivity index (χ4n) is 0.673. The molecule has 0 amide bonds. The highest BCUT2D eigenvalue weighted by molar-refractivity contribution is 8.69. The molecule has 52 valence electrons.